The summed E-state index contributed by atoms with van der Waals surface area (Å²) in [6.07, 6.45) is 15.5. The van der Waals surface area contributed by atoms with Crippen LogP contribution in [0.5, 0.6) is 0 Å². The molecule has 2 heterocycles. The van der Waals surface area contributed by atoms with Crippen LogP contribution in [0.3, 0.4) is 0 Å². The van der Waals surface area contributed by atoms with Crippen molar-refractivity contribution in [1.29, 1.82) is 0 Å². The lowest BCUT2D eigenvalue weighted by Crippen LogP contribution is -2.65. The Morgan fingerprint density at radius 3 is 1.41 bits per heavy atom. The van der Waals surface area contributed by atoms with Crippen molar-refractivity contribution in [2.45, 2.75) is 288 Å². The fourth-order valence-electron chi connectivity index (χ4n) is 9.50. The summed E-state index contributed by atoms with van der Waals surface area (Å²) >= 11 is 0. The van der Waals surface area contributed by atoms with Gasteiger partial charge in [0.1, 0.15) is 36.6 Å². The number of hydrogen-bond acceptors (Lipinski definition) is 14. The first kappa shape index (κ1) is 60.7. The van der Waals surface area contributed by atoms with Crippen molar-refractivity contribution in [2.75, 3.05) is 13.2 Å². The highest BCUT2D eigenvalue weighted by atomic mass is 16.8. The van der Waals surface area contributed by atoms with Crippen LogP contribution in [0.2, 0.25) is 0 Å². The quantitative estimate of drug-likeness (QED) is 0.0228. The lowest BCUT2D eigenvalue weighted by Gasteiger charge is -2.46. The van der Waals surface area contributed by atoms with Crippen molar-refractivity contribution in [3.63, 3.8) is 0 Å². The summed E-state index contributed by atoms with van der Waals surface area (Å²) in [6.45, 7) is 8.56. The number of aliphatic hydroxyl groups excluding tert-OH is 7. The van der Waals surface area contributed by atoms with Crippen LogP contribution in [-0.2, 0) is 33.3 Å². The van der Waals surface area contributed by atoms with Gasteiger partial charge in [0.25, 0.3) is 0 Å². The SMILES string of the molecule is CCCCCCCCCCCCCCCC(=O)O[C@@H]1C(OC(=O)[C@@H](C)[C@@H](O)[C@@H](C)C[C@@H](C)CCCCCCCCCCCCCCC)[C@H](O)C(CO)O[C@@H]1O[C@H]1OC(CO)[C@@H](O)C(O)[C@@H]1O. The summed E-state index contributed by atoms with van der Waals surface area (Å²) in [7, 11) is 0. The molecule has 0 aromatic rings. The zero-order valence-electron chi connectivity index (χ0n) is 42.0. The minimum absolute atomic E-state index is 0.00530. The molecule has 2 aliphatic rings. The summed E-state index contributed by atoms with van der Waals surface area (Å²) in [5, 5.41) is 74.3. The minimum Gasteiger partial charge on any atom is -0.455 e. The van der Waals surface area contributed by atoms with E-state index in [0.29, 0.717) is 18.8 Å². The Kier molecular flexibility index (Phi) is 33.5. The number of unbranched alkanes of at least 4 members (excludes halogenated alkanes) is 24. The number of carbonyl (C=O) groups excluding carboxylic acids is 2. The van der Waals surface area contributed by atoms with Gasteiger partial charge in [-0.05, 0) is 31.6 Å². The molecule has 0 radical (unpaired) electrons. The Bertz CT molecular complexity index is 1210. The van der Waals surface area contributed by atoms with Gasteiger partial charge in [0.05, 0.1) is 25.2 Å². The van der Waals surface area contributed by atoms with Crippen LogP contribution in [0.25, 0.3) is 0 Å². The Morgan fingerprint density at radius 2 is 0.939 bits per heavy atom. The molecule has 2 aliphatic heterocycles. The average Bonchev–Trinajstić information content (AvgIpc) is 3.30. The fourth-order valence-corrected chi connectivity index (χ4v) is 9.50. The molecule has 14 nitrogen and oxygen atoms in total. The fraction of sp³-hybridized carbons (Fsp3) is 0.962. The van der Waals surface area contributed by atoms with Gasteiger partial charge < -0.3 is 59.4 Å². The average molecular weight is 947 g/mol. The third-order valence-corrected chi connectivity index (χ3v) is 14.0. The highest BCUT2D eigenvalue weighted by Crippen LogP contribution is 2.33. The zero-order chi connectivity index (χ0) is 48.7. The molecule has 66 heavy (non-hydrogen) atoms. The monoisotopic (exact) mass is 947 g/mol. The maximum absolute atomic E-state index is 13.8. The molecule has 2 saturated heterocycles. The molecule has 0 saturated carbocycles. The molecule has 7 N–H and O–H groups in total. The highest BCUT2D eigenvalue weighted by molar-refractivity contribution is 5.73. The normalized spacial score (nSPS) is 27.6. The Labute approximate surface area is 399 Å². The molecule has 0 aromatic carbocycles. The molecule has 0 amide bonds. The number of esters is 2. The second kappa shape index (κ2) is 36.5. The maximum atomic E-state index is 13.8. The first-order valence-electron chi connectivity index (χ1n) is 26.8. The number of rotatable bonds is 39. The molecular weight excluding hydrogens is 849 g/mol. The van der Waals surface area contributed by atoms with Gasteiger partial charge in [-0.25, -0.2) is 0 Å². The predicted molar refractivity (Wildman–Crippen MR) is 255 cm³/mol. The molecule has 0 aliphatic carbocycles. The van der Waals surface area contributed by atoms with Crippen LogP contribution in [0, 0.1) is 17.8 Å². The molecule has 0 spiro atoms. The molecule has 14 atom stereocenters. The topological polar surface area (TPSA) is 222 Å². The van der Waals surface area contributed by atoms with Gasteiger partial charge >= 0.3 is 11.9 Å². The highest BCUT2D eigenvalue weighted by Gasteiger charge is 2.53. The van der Waals surface area contributed by atoms with Crippen LogP contribution < -0.4 is 0 Å². The van der Waals surface area contributed by atoms with E-state index in [2.05, 4.69) is 20.8 Å². The Balaban J connectivity index is 1.99. The van der Waals surface area contributed by atoms with E-state index in [9.17, 15) is 45.3 Å². The molecule has 0 aromatic heterocycles. The van der Waals surface area contributed by atoms with Gasteiger partial charge in [-0.3, -0.25) is 9.59 Å². The Morgan fingerprint density at radius 1 is 0.515 bits per heavy atom. The molecule has 14 heteroatoms. The number of hydrogen-bond donors (Lipinski definition) is 7. The second-order valence-electron chi connectivity index (χ2n) is 20.0. The number of carbonyl (C=O) groups is 2. The molecule has 390 valence electrons. The van der Waals surface area contributed by atoms with Gasteiger partial charge in [-0.15, -0.1) is 0 Å². The molecule has 2 fully saturated rings. The van der Waals surface area contributed by atoms with Gasteiger partial charge in [-0.2, -0.15) is 0 Å². The van der Waals surface area contributed by atoms with Crippen LogP contribution in [0.4, 0.5) is 0 Å². The maximum Gasteiger partial charge on any atom is 0.311 e. The van der Waals surface area contributed by atoms with Crippen molar-refractivity contribution in [1.82, 2.24) is 0 Å². The van der Waals surface area contributed by atoms with Gasteiger partial charge in [0.15, 0.2) is 18.5 Å². The first-order valence-corrected chi connectivity index (χ1v) is 26.8. The van der Waals surface area contributed by atoms with Gasteiger partial charge in [-0.1, -0.05) is 195 Å². The summed E-state index contributed by atoms with van der Waals surface area (Å²) in [5.41, 5.74) is 0. The van der Waals surface area contributed by atoms with Crippen molar-refractivity contribution < 1.29 is 69.0 Å². The standard InChI is InChI=1S/C52H98O14/c1-6-8-10-12-14-16-18-20-22-24-26-28-30-32-37(3)34-38(4)43(56)39(5)50(61)65-48-45(58)41(36-54)63-52(66-51-47(60)46(59)44(57)40(35-53)62-51)49(48)64-42(55)33-31-29-27-25-23-21-19-17-15-13-11-9-7-2/h37-41,43-49,51-54,56-60H,6-36H2,1-5H3/t37-,38-,39-,40?,41?,43-,44+,45+,46?,47-,48?,49+,51+,52+/m0/s1. The van der Waals surface area contributed by atoms with E-state index < -0.39 is 98.6 Å². The van der Waals surface area contributed by atoms with Crippen molar-refractivity contribution in [3.8, 4) is 0 Å². The summed E-state index contributed by atoms with van der Waals surface area (Å²) in [4.78, 5) is 27.2. The van der Waals surface area contributed by atoms with E-state index in [1.165, 1.54) is 135 Å². The van der Waals surface area contributed by atoms with E-state index in [1.807, 2.05) is 6.92 Å². The van der Waals surface area contributed by atoms with Gasteiger partial charge in [0.2, 0.25) is 6.29 Å². The molecular formula is C52H98O14. The number of ether oxygens (including phenoxy) is 5. The van der Waals surface area contributed by atoms with Crippen molar-refractivity contribution in [3.05, 3.63) is 0 Å². The minimum atomic E-state index is -1.85. The number of aliphatic hydroxyl groups is 7. The summed E-state index contributed by atoms with van der Waals surface area (Å²) in [5.74, 6) is -2.54. The third kappa shape index (κ3) is 23.4. The smallest absolute Gasteiger partial charge is 0.311 e. The predicted octanol–water partition coefficient (Wildman–Crippen LogP) is 8.33. The summed E-state index contributed by atoms with van der Waals surface area (Å²) in [6, 6.07) is 0. The second-order valence-corrected chi connectivity index (χ2v) is 20.0. The Hall–Kier alpha value is -1.46. The van der Waals surface area contributed by atoms with Gasteiger partial charge in [0, 0.05) is 6.42 Å². The van der Waals surface area contributed by atoms with Crippen molar-refractivity contribution >= 4 is 11.9 Å². The van der Waals surface area contributed by atoms with E-state index in [0.717, 1.165) is 38.5 Å². The van der Waals surface area contributed by atoms with E-state index in [4.69, 9.17) is 23.7 Å². The van der Waals surface area contributed by atoms with E-state index in [1.54, 1.807) is 0 Å². The lowest BCUT2D eigenvalue weighted by atomic mass is 9.85. The van der Waals surface area contributed by atoms with E-state index in [-0.39, 0.29) is 12.3 Å². The lowest BCUT2D eigenvalue weighted by molar-refractivity contribution is -0.377. The van der Waals surface area contributed by atoms with Crippen molar-refractivity contribution in [2.24, 2.45) is 17.8 Å². The van der Waals surface area contributed by atoms with Crippen LogP contribution in [-0.4, -0.2) is 128 Å². The first-order chi connectivity index (χ1) is 31.8. The van der Waals surface area contributed by atoms with Crippen LogP contribution in [0.15, 0.2) is 0 Å². The van der Waals surface area contributed by atoms with E-state index >= 15 is 0 Å². The van der Waals surface area contributed by atoms with Crippen LogP contribution in [0.1, 0.15) is 221 Å². The largest absolute Gasteiger partial charge is 0.455 e. The molecule has 4 unspecified atom stereocenters. The molecule has 0 bridgehead atoms. The third-order valence-electron chi connectivity index (χ3n) is 14.0. The summed E-state index contributed by atoms with van der Waals surface area (Å²) < 4.78 is 28.9. The zero-order valence-corrected chi connectivity index (χ0v) is 42.0. The van der Waals surface area contributed by atoms with Crippen LogP contribution >= 0.6 is 0 Å². The molecule has 2 rings (SSSR count).